The van der Waals surface area contributed by atoms with E-state index in [4.69, 9.17) is 0 Å². The number of rotatable bonds is 3. The molecule has 2 rings (SSSR count). The lowest BCUT2D eigenvalue weighted by Gasteiger charge is -2.34. The smallest absolute Gasteiger partial charge is 0.177 e. The highest BCUT2D eigenvalue weighted by Gasteiger charge is 2.24. The van der Waals surface area contributed by atoms with Crippen LogP contribution in [0, 0.1) is 25.7 Å². The molecule has 0 bridgehead atoms. The Morgan fingerprint density at radius 1 is 1.39 bits per heavy atom. The molecule has 1 fully saturated rings. The maximum Gasteiger partial charge on any atom is 0.177 e. The number of nitrogens with zero attached hydrogens (tertiary/aromatic N) is 1. The Kier molecular flexibility index (Phi) is 4.23. The molecule has 0 amide bonds. The van der Waals surface area contributed by atoms with Crippen LogP contribution in [0.1, 0.15) is 40.4 Å². The van der Waals surface area contributed by atoms with Crippen molar-refractivity contribution in [3.8, 4) is 0 Å². The fourth-order valence-corrected chi connectivity index (χ4v) is 3.63. The van der Waals surface area contributed by atoms with E-state index >= 15 is 0 Å². The topological polar surface area (TPSA) is 20.3 Å². The second kappa shape index (κ2) is 5.54. The molecule has 2 atom stereocenters. The van der Waals surface area contributed by atoms with Crippen LogP contribution < -0.4 is 0 Å². The molecule has 1 saturated heterocycles. The molecule has 0 N–H and O–H groups in total. The largest absolute Gasteiger partial charge is 0.296 e. The Bertz CT molecular complexity index is 438. The Labute approximate surface area is 114 Å². The van der Waals surface area contributed by atoms with Crippen LogP contribution in [0.4, 0.5) is 0 Å². The van der Waals surface area contributed by atoms with E-state index in [1.54, 1.807) is 11.3 Å². The lowest BCUT2D eigenvalue weighted by molar-refractivity contribution is 0.0849. The van der Waals surface area contributed by atoms with Crippen LogP contribution >= 0.6 is 11.3 Å². The summed E-state index contributed by atoms with van der Waals surface area (Å²) in [7, 11) is 0. The summed E-state index contributed by atoms with van der Waals surface area (Å²) in [5, 5.41) is 0. The van der Waals surface area contributed by atoms with E-state index in [1.165, 1.54) is 11.3 Å². The van der Waals surface area contributed by atoms with Crippen molar-refractivity contribution >= 4 is 17.1 Å². The SMILES string of the molecule is Cc1cc(C(=O)CN2CCC(C)C(C)C2)c(C)s1. The standard InChI is InChI=1S/C15H23NOS/c1-10-5-6-16(8-11(10)2)9-15(17)14-7-12(3)18-13(14)4/h7,10-11H,5-6,8-9H2,1-4H3. The molecule has 0 saturated carbocycles. The third-order valence-electron chi connectivity index (χ3n) is 4.13. The van der Waals surface area contributed by atoms with E-state index in [2.05, 4.69) is 25.7 Å². The minimum absolute atomic E-state index is 0.290. The molecular weight excluding hydrogens is 242 g/mol. The van der Waals surface area contributed by atoms with Crippen LogP contribution in [0.3, 0.4) is 0 Å². The van der Waals surface area contributed by atoms with Gasteiger partial charge in [-0.15, -0.1) is 11.3 Å². The van der Waals surface area contributed by atoms with Gasteiger partial charge in [0.15, 0.2) is 5.78 Å². The first-order chi connectivity index (χ1) is 8.47. The van der Waals surface area contributed by atoms with Gasteiger partial charge in [0.25, 0.3) is 0 Å². The van der Waals surface area contributed by atoms with Crippen molar-refractivity contribution < 1.29 is 4.79 Å². The second-order valence-corrected chi connectivity index (χ2v) is 7.19. The van der Waals surface area contributed by atoms with E-state index < -0.39 is 0 Å². The van der Waals surface area contributed by atoms with Gasteiger partial charge in [-0.1, -0.05) is 13.8 Å². The molecule has 0 aromatic carbocycles. The van der Waals surface area contributed by atoms with Crippen molar-refractivity contribution in [3.63, 3.8) is 0 Å². The molecule has 2 heterocycles. The normalized spacial score (nSPS) is 25.3. The molecule has 2 unspecified atom stereocenters. The highest BCUT2D eigenvalue weighted by Crippen LogP contribution is 2.24. The maximum absolute atomic E-state index is 12.3. The molecule has 1 aliphatic rings. The average Bonchev–Trinajstić information content (AvgIpc) is 2.63. The zero-order chi connectivity index (χ0) is 13.3. The number of ketones is 1. The number of carbonyl (C=O) groups excluding carboxylic acids is 1. The van der Waals surface area contributed by atoms with Crippen LogP contribution in [-0.2, 0) is 0 Å². The molecule has 0 aliphatic carbocycles. The number of hydrogen-bond acceptors (Lipinski definition) is 3. The number of hydrogen-bond donors (Lipinski definition) is 0. The fraction of sp³-hybridized carbons (Fsp3) is 0.667. The predicted octanol–water partition coefficient (Wildman–Crippen LogP) is 3.53. The van der Waals surface area contributed by atoms with Crippen LogP contribution in [0.2, 0.25) is 0 Å². The van der Waals surface area contributed by atoms with Gasteiger partial charge < -0.3 is 0 Å². The molecular formula is C15H23NOS. The fourth-order valence-electron chi connectivity index (χ4n) is 2.69. The zero-order valence-corrected chi connectivity index (χ0v) is 12.6. The van der Waals surface area contributed by atoms with Crippen LogP contribution in [0.5, 0.6) is 0 Å². The number of carbonyl (C=O) groups is 1. The van der Waals surface area contributed by atoms with Crippen LogP contribution in [0.15, 0.2) is 6.07 Å². The van der Waals surface area contributed by atoms with E-state index in [9.17, 15) is 4.79 Å². The summed E-state index contributed by atoms with van der Waals surface area (Å²) in [4.78, 5) is 17.0. The van der Waals surface area contributed by atoms with Crippen molar-refractivity contribution in [3.05, 3.63) is 21.4 Å². The number of likely N-dealkylation sites (tertiary alicyclic amines) is 1. The molecule has 2 nitrogen and oxygen atoms in total. The molecule has 0 radical (unpaired) electrons. The Balaban J connectivity index is 1.98. The Morgan fingerprint density at radius 3 is 2.67 bits per heavy atom. The molecule has 0 spiro atoms. The van der Waals surface area contributed by atoms with Gasteiger partial charge >= 0.3 is 0 Å². The van der Waals surface area contributed by atoms with Gasteiger partial charge in [-0.2, -0.15) is 0 Å². The first-order valence-electron chi connectivity index (χ1n) is 6.80. The van der Waals surface area contributed by atoms with E-state index in [-0.39, 0.29) is 0 Å². The monoisotopic (exact) mass is 265 g/mol. The number of thiophene rings is 1. The maximum atomic E-state index is 12.3. The third kappa shape index (κ3) is 3.01. The van der Waals surface area contributed by atoms with Crippen molar-refractivity contribution in [1.82, 2.24) is 4.90 Å². The van der Waals surface area contributed by atoms with Crippen LogP contribution in [-0.4, -0.2) is 30.3 Å². The van der Waals surface area contributed by atoms with Gasteiger partial charge in [-0.25, -0.2) is 0 Å². The number of aryl methyl sites for hydroxylation is 2. The van der Waals surface area contributed by atoms with Gasteiger partial charge in [0.2, 0.25) is 0 Å². The summed E-state index contributed by atoms with van der Waals surface area (Å²) >= 11 is 1.72. The Morgan fingerprint density at radius 2 is 2.11 bits per heavy atom. The zero-order valence-electron chi connectivity index (χ0n) is 11.8. The lowest BCUT2D eigenvalue weighted by atomic mass is 9.88. The summed E-state index contributed by atoms with van der Waals surface area (Å²) in [6.07, 6.45) is 1.22. The number of piperidine rings is 1. The predicted molar refractivity (Wildman–Crippen MR) is 77.5 cm³/mol. The molecule has 1 aromatic rings. The number of Topliss-reactive ketones (excluding diaryl/α,β-unsaturated/α-hetero) is 1. The van der Waals surface area contributed by atoms with Gasteiger partial charge in [0, 0.05) is 21.9 Å². The van der Waals surface area contributed by atoms with E-state index in [0.29, 0.717) is 18.2 Å². The molecule has 3 heteroatoms. The van der Waals surface area contributed by atoms with Crippen molar-refractivity contribution in [2.24, 2.45) is 11.8 Å². The highest BCUT2D eigenvalue weighted by molar-refractivity contribution is 7.12. The minimum Gasteiger partial charge on any atom is -0.296 e. The average molecular weight is 265 g/mol. The van der Waals surface area contributed by atoms with E-state index in [1.807, 2.05) is 13.0 Å². The van der Waals surface area contributed by atoms with Crippen molar-refractivity contribution in [1.29, 1.82) is 0 Å². The second-order valence-electron chi connectivity index (χ2n) is 5.73. The molecule has 1 aliphatic heterocycles. The third-order valence-corrected chi connectivity index (χ3v) is 5.09. The molecule has 18 heavy (non-hydrogen) atoms. The summed E-state index contributed by atoms with van der Waals surface area (Å²) in [5.74, 6) is 1.79. The first-order valence-corrected chi connectivity index (χ1v) is 7.61. The summed E-state index contributed by atoms with van der Waals surface area (Å²) < 4.78 is 0. The molecule has 1 aromatic heterocycles. The Hall–Kier alpha value is -0.670. The molecule has 100 valence electrons. The summed E-state index contributed by atoms with van der Waals surface area (Å²) in [5.41, 5.74) is 0.934. The van der Waals surface area contributed by atoms with Crippen LogP contribution in [0.25, 0.3) is 0 Å². The first kappa shape index (κ1) is 13.8. The van der Waals surface area contributed by atoms with Gasteiger partial charge in [0.05, 0.1) is 6.54 Å². The van der Waals surface area contributed by atoms with Crippen molar-refractivity contribution in [2.45, 2.75) is 34.1 Å². The quantitative estimate of drug-likeness (QED) is 0.779. The van der Waals surface area contributed by atoms with Gasteiger partial charge in [-0.3, -0.25) is 9.69 Å². The van der Waals surface area contributed by atoms with E-state index in [0.717, 1.165) is 29.4 Å². The minimum atomic E-state index is 0.290. The van der Waals surface area contributed by atoms with Gasteiger partial charge in [-0.05, 0) is 44.7 Å². The summed E-state index contributed by atoms with van der Waals surface area (Å²) in [6, 6.07) is 2.04. The highest BCUT2D eigenvalue weighted by atomic mass is 32.1. The van der Waals surface area contributed by atoms with Crippen molar-refractivity contribution in [2.75, 3.05) is 19.6 Å². The lowest BCUT2D eigenvalue weighted by Crippen LogP contribution is -2.41. The van der Waals surface area contributed by atoms with Gasteiger partial charge in [0.1, 0.15) is 0 Å². The summed E-state index contributed by atoms with van der Waals surface area (Å²) in [6.45, 7) is 11.4.